The number of carbonyl (C=O) groups is 1. The maximum atomic E-state index is 12.7. The Labute approximate surface area is 151 Å². The largest absolute Gasteiger partial charge is 0.338 e. The van der Waals surface area contributed by atoms with Crippen molar-refractivity contribution in [2.24, 2.45) is 11.7 Å². The van der Waals surface area contributed by atoms with Gasteiger partial charge in [0.1, 0.15) is 0 Å². The zero-order valence-electron chi connectivity index (χ0n) is 12.7. The minimum Gasteiger partial charge on any atom is -0.338 e. The number of benzene rings is 2. The van der Waals surface area contributed by atoms with E-state index in [1.165, 1.54) is 5.56 Å². The van der Waals surface area contributed by atoms with E-state index < -0.39 is 0 Å². The van der Waals surface area contributed by atoms with Crippen LogP contribution < -0.4 is 5.73 Å². The molecule has 1 heterocycles. The first-order valence-corrected chi connectivity index (χ1v) is 8.28. The predicted octanol–water partition coefficient (Wildman–Crippen LogP) is 3.69. The Morgan fingerprint density at radius 1 is 1.09 bits per heavy atom. The number of halogens is 2. The molecule has 0 bridgehead atoms. The normalized spacial score (nSPS) is 20.2. The highest BCUT2D eigenvalue weighted by Gasteiger charge is 2.35. The summed E-state index contributed by atoms with van der Waals surface area (Å²) in [7, 11) is 0. The van der Waals surface area contributed by atoms with Gasteiger partial charge < -0.3 is 10.6 Å². The first-order valence-electron chi connectivity index (χ1n) is 7.49. The number of carbonyl (C=O) groups excluding carboxylic acids is 1. The van der Waals surface area contributed by atoms with Gasteiger partial charge in [-0.1, -0.05) is 46.3 Å². The Morgan fingerprint density at radius 2 is 1.74 bits per heavy atom. The van der Waals surface area contributed by atoms with Crippen molar-refractivity contribution in [2.75, 3.05) is 19.6 Å². The van der Waals surface area contributed by atoms with E-state index in [9.17, 15) is 4.79 Å². The number of nitrogens with two attached hydrogens (primary N) is 1. The van der Waals surface area contributed by atoms with Crippen molar-refractivity contribution in [2.45, 2.75) is 5.92 Å². The van der Waals surface area contributed by atoms with Gasteiger partial charge >= 0.3 is 0 Å². The predicted molar refractivity (Wildman–Crippen MR) is 99.0 cm³/mol. The lowest BCUT2D eigenvalue weighted by Crippen LogP contribution is -2.29. The summed E-state index contributed by atoms with van der Waals surface area (Å²) in [6.07, 6.45) is 0. The lowest BCUT2D eigenvalue weighted by atomic mass is 9.89. The Kier molecular flexibility index (Phi) is 6.22. The average molecular weight is 396 g/mol. The van der Waals surface area contributed by atoms with Crippen LogP contribution in [0.1, 0.15) is 21.8 Å². The van der Waals surface area contributed by atoms with Gasteiger partial charge in [-0.3, -0.25) is 4.79 Å². The monoisotopic (exact) mass is 394 g/mol. The van der Waals surface area contributed by atoms with Crippen LogP contribution >= 0.6 is 28.3 Å². The molecule has 2 atom stereocenters. The van der Waals surface area contributed by atoms with Crippen LogP contribution in [0.15, 0.2) is 59.1 Å². The molecule has 0 spiro atoms. The number of likely N-dealkylation sites (tertiary alicyclic amines) is 1. The molecule has 1 aliphatic rings. The molecule has 0 saturated carbocycles. The first-order chi connectivity index (χ1) is 10.7. The van der Waals surface area contributed by atoms with Gasteiger partial charge in [-0.15, -0.1) is 12.4 Å². The highest BCUT2D eigenvalue weighted by molar-refractivity contribution is 9.10. The van der Waals surface area contributed by atoms with Crippen LogP contribution in [0.3, 0.4) is 0 Å². The van der Waals surface area contributed by atoms with E-state index in [1.54, 1.807) is 0 Å². The van der Waals surface area contributed by atoms with Crippen molar-refractivity contribution < 1.29 is 4.79 Å². The molecular formula is C18H20BrClN2O. The van der Waals surface area contributed by atoms with Crippen LogP contribution in [0.5, 0.6) is 0 Å². The quantitative estimate of drug-likeness (QED) is 0.861. The Hall–Kier alpha value is -1.36. The fraction of sp³-hybridized carbons (Fsp3) is 0.278. The van der Waals surface area contributed by atoms with E-state index in [2.05, 4.69) is 28.1 Å². The van der Waals surface area contributed by atoms with Crippen LogP contribution in [-0.2, 0) is 0 Å². The summed E-state index contributed by atoms with van der Waals surface area (Å²) in [4.78, 5) is 14.6. The molecule has 0 aromatic heterocycles. The molecule has 2 N–H and O–H groups in total. The number of amides is 1. The molecule has 0 aliphatic carbocycles. The average Bonchev–Trinajstić information content (AvgIpc) is 3.00. The lowest BCUT2D eigenvalue weighted by molar-refractivity contribution is 0.0786. The molecule has 1 fully saturated rings. The van der Waals surface area contributed by atoms with Crippen molar-refractivity contribution in [3.8, 4) is 0 Å². The molecule has 1 aliphatic heterocycles. The summed E-state index contributed by atoms with van der Waals surface area (Å²) < 4.78 is 0.979. The van der Waals surface area contributed by atoms with Gasteiger partial charge in [0.25, 0.3) is 5.91 Å². The molecular weight excluding hydrogens is 376 g/mol. The van der Waals surface area contributed by atoms with Gasteiger partial charge in [0.2, 0.25) is 0 Å². The number of rotatable bonds is 3. The smallest absolute Gasteiger partial charge is 0.253 e. The van der Waals surface area contributed by atoms with E-state index >= 15 is 0 Å². The molecule has 3 rings (SSSR count). The van der Waals surface area contributed by atoms with Gasteiger partial charge in [0.05, 0.1) is 0 Å². The molecule has 122 valence electrons. The Bertz CT molecular complexity index is 648. The van der Waals surface area contributed by atoms with Crippen LogP contribution in [0.2, 0.25) is 0 Å². The van der Waals surface area contributed by atoms with E-state index in [0.29, 0.717) is 18.4 Å². The third kappa shape index (κ3) is 3.94. The SMILES string of the molecule is Cl.NC[C@@H]1CN(C(=O)c2ccc(Br)cc2)C[C@H]1c1ccccc1. The zero-order valence-corrected chi connectivity index (χ0v) is 15.1. The van der Waals surface area contributed by atoms with E-state index in [4.69, 9.17) is 5.73 Å². The highest BCUT2D eigenvalue weighted by atomic mass is 79.9. The van der Waals surface area contributed by atoms with Crippen molar-refractivity contribution in [3.05, 3.63) is 70.2 Å². The standard InChI is InChI=1S/C18H19BrN2O.ClH/c19-16-8-6-14(7-9-16)18(22)21-11-15(10-20)17(12-21)13-4-2-1-3-5-13;/h1-9,15,17H,10-12,20H2;1H/t15-,17+;/m1./s1. The van der Waals surface area contributed by atoms with Crippen molar-refractivity contribution >= 4 is 34.2 Å². The molecule has 0 unspecified atom stereocenters. The molecule has 2 aromatic carbocycles. The van der Waals surface area contributed by atoms with Crippen molar-refractivity contribution in [3.63, 3.8) is 0 Å². The van der Waals surface area contributed by atoms with Gasteiger partial charge in [-0.2, -0.15) is 0 Å². The Balaban J connectivity index is 0.00000192. The maximum Gasteiger partial charge on any atom is 0.253 e. The van der Waals surface area contributed by atoms with Crippen molar-refractivity contribution in [1.29, 1.82) is 0 Å². The van der Waals surface area contributed by atoms with Gasteiger partial charge in [-0.25, -0.2) is 0 Å². The topological polar surface area (TPSA) is 46.3 Å². The summed E-state index contributed by atoms with van der Waals surface area (Å²) in [5.74, 6) is 0.733. The molecule has 1 amide bonds. The van der Waals surface area contributed by atoms with E-state index in [1.807, 2.05) is 47.4 Å². The molecule has 3 nitrogen and oxygen atoms in total. The van der Waals surface area contributed by atoms with Crippen LogP contribution in [0, 0.1) is 5.92 Å². The molecule has 5 heteroatoms. The second-order valence-electron chi connectivity index (χ2n) is 5.73. The Morgan fingerprint density at radius 3 is 2.35 bits per heavy atom. The second kappa shape index (κ2) is 7.95. The van der Waals surface area contributed by atoms with Crippen LogP contribution in [-0.4, -0.2) is 30.4 Å². The minimum absolute atomic E-state index is 0. The third-order valence-electron chi connectivity index (χ3n) is 4.35. The fourth-order valence-corrected chi connectivity index (χ4v) is 3.39. The summed E-state index contributed by atoms with van der Waals surface area (Å²) in [5, 5.41) is 0. The third-order valence-corrected chi connectivity index (χ3v) is 4.88. The maximum absolute atomic E-state index is 12.7. The number of hydrogen-bond acceptors (Lipinski definition) is 2. The van der Waals surface area contributed by atoms with Crippen LogP contribution in [0.4, 0.5) is 0 Å². The molecule has 23 heavy (non-hydrogen) atoms. The fourth-order valence-electron chi connectivity index (χ4n) is 3.13. The van der Waals surface area contributed by atoms with E-state index in [0.717, 1.165) is 23.1 Å². The van der Waals surface area contributed by atoms with Crippen molar-refractivity contribution in [1.82, 2.24) is 4.90 Å². The summed E-state index contributed by atoms with van der Waals surface area (Å²) in [6, 6.07) is 17.9. The highest BCUT2D eigenvalue weighted by Crippen LogP contribution is 2.32. The zero-order chi connectivity index (χ0) is 15.5. The van der Waals surface area contributed by atoms with Gasteiger partial charge in [0, 0.05) is 29.0 Å². The van der Waals surface area contributed by atoms with Crippen LogP contribution in [0.25, 0.3) is 0 Å². The summed E-state index contributed by atoms with van der Waals surface area (Å²) >= 11 is 3.40. The van der Waals surface area contributed by atoms with Gasteiger partial charge in [0.15, 0.2) is 0 Å². The number of hydrogen-bond donors (Lipinski definition) is 1. The molecule has 1 saturated heterocycles. The van der Waals surface area contributed by atoms with Gasteiger partial charge in [-0.05, 0) is 42.3 Å². The summed E-state index contributed by atoms with van der Waals surface area (Å²) in [5.41, 5.74) is 7.94. The first kappa shape index (κ1) is 18.0. The molecule has 2 aromatic rings. The lowest BCUT2D eigenvalue weighted by Gasteiger charge is -2.17. The van der Waals surface area contributed by atoms with E-state index in [-0.39, 0.29) is 18.3 Å². The summed E-state index contributed by atoms with van der Waals surface area (Å²) in [6.45, 7) is 2.06. The minimum atomic E-state index is 0. The molecule has 0 radical (unpaired) electrons. The number of nitrogens with zero attached hydrogens (tertiary/aromatic N) is 1. The second-order valence-corrected chi connectivity index (χ2v) is 6.65.